The number of hydrogen-bond donors (Lipinski definition) is 2. The SMILES string of the molecule is NCCC[C@H]1C(=O)N(Cc2ccc([ClH+])cc2)C[C@@H]2N(C(=O)NCc3cc(C(F)(F)F)cc(C(F)(F)F)c3)CCC(=O)N21. The molecule has 0 aliphatic carbocycles. The van der Waals surface area contributed by atoms with E-state index >= 15 is 0 Å². The van der Waals surface area contributed by atoms with E-state index in [9.17, 15) is 40.7 Å². The fourth-order valence-corrected chi connectivity index (χ4v) is 5.30. The Morgan fingerprint density at radius 3 is 2.17 bits per heavy atom. The minimum Gasteiger partial charge on any atom is -0.334 e. The topological polar surface area (TPSA) is 99.0 Å². The van der Waals surface area contributed by atoms with Gasteiger partial charge in [-0.2, -0.15) is 26.3 Å². The largest absolute Gasteiger partial charge is 0.416 e. The second kappa shape index (κ2) is 12.4. The van der Waals surface area contributed by atoms with Crippen molar-refractivity contribution in [3.8, 4) is 0 Å². The first-order chi connectivity index (χ1) is 19.7. The molecule has 2 aliphatic rings. The summed E-state index contributed by atoms with van der Waals surface area (Å²) in [4.78, 5) is 43.9. The average molecular weight is 621 g/mol. The minimum atomic E-state index is -5.03. The number of piperazine rings is 1. The number of carbonyl (C=O) groups is 3. The summed E-state index contributed by atoms with van der Waals surface area (Å²) in [5.74, 6) is -0.663. The smallest absolute Gasteiger partial charge is 0.334 e. The van der Waals surface area contributed by atoms with Crippen molar-refractivity contribution >= 4 is 17.8 Å². The molecule has 4 amide bonds. The summed E-state index contributed by atoms with van der Waals surface area (Å²) in [5.41, 5.74) is 3.03. The van der Waals surface area contributed by atoms with Gasteiger partial charge in [-0.15, -0.1) is 0 Å². The second-order valence-corrected chi connectivity index (χ2v) is 10.6. The molecule has 4 rings (SSSR count). The Kier molecular flexibility index (Phi) is 9.26. The molecule has 228 valence electrons. The number of amides is 4. The standard InChI is InChI=1S/C27H28ClF6N5O3/c28-20-5-3-16(4-6-20)14-37-15-22-38(9-7-23(40)39(22)21(24(37)41)2-1-8-35)25(42)36-13-17-10-18(26(29,30)31)12-19(11-17)27(32,33)34/h3-6,10-12,21-22,28H,1-2,7-9,13-15,35H2/p+1/t21-,22+/m0/s1. The van der Waals surface area contributed by atoms with Crippen LogP contribution in [0.3, 0.4) is 0 Å². The fourth-order valence-electron chi connectivity index (χ4n) is 5.16. The summed E-state index contributed by atoms with van der Waals surface area (Å²) in [5, 5.41) is 3.00. The van der Waals surface area contributed by atoms with Crippen LogP contribution in [0.15, 0.2) is 42.5 Å². The van der Waals surface area contributed by atoms with Crippen molar-refractivity contribution in [1.29, 1.82) is 0 Å². The van der Waals surface area contributed by atoms with E-state index < -0.39 is 53.8 Å². The van der Waals surface area contributed by atoms with Crippen LogP contribution in [0, 0.1) is 11.6 Å². The number of fused-ring (bicyclic) bond motifs is 1. The molecule has 2 aromatic carbocycles. The predicted octanol–water partition coefficient (Wildman–Crippen LogP) is 3.64. The van der Waals surface area contributed by atoms with Crippen LogP contribution in [0.2, 0.25) is 5.02 Å². The third-order valence-corrected chi connectivity index (χ3v) is 7.45. The molecule has 0 unspecified atom stereocenters. The summed E-state index contributed by atoms with van der Waals surface area (Å²) < 4.78 is 79.6. The predicted molar refractivity (Wildman–Crippen MR) is 135 cm³/mol. The molecule has 8 nitrogen and oxygen atoms in total. The molecule has 2 atom stereocenters. The maximum Gasteiger partial charge on any atom is 0.416 e. The highest BCUT2D eigenvalue weighted by Crippen LogP contribution is 2.36. The highest BCUT2D eigenvalue weighted by atomic mass is 35.5. The van der Waals surface area contributed by atoms with Gasteiger partial charge in [0.1, 0.15) is 12.2 Å². The number of nitrogens with one attached hydrogen (secondary N) is 1. The number of hydrogen-bond acceptors (Lipinski definition) is 4. The molecular formula is C27H29ClF6N5O3+. The summed E-state index contributed by atoms with van der Waals surface area (Å²) in [7, 11) is 0. The van der Waals surface area contributed by atoms with E-state index in [-0.39, 0.29) is 56.9 Å². The Morgan fingerprint density at radius 2 is 1.60 bits per heavy atom. The molecule has 2 aliphatic heterocycles. The lowest BCUT2D eigenvalue weighted by Gasteiger charge is -2.52. The molecule has 2 fully saturated rings. The summed E-state index contributed by atoms with van der Waals surface area (Å²) in [6, 6.07) is 6.33. The van der Waals surface area contributed by atoms with E-state index in [4.69, 9.17) is 17.3 Å². The number of nitrogens with zero attached hydrogens (tertiary/aromatic N) is 3. The lowest BCUT2D eigenvalue weighted by Crippen LogP contribution is -2.71. The molecular weight excluding hydrogens is 592 g/mol. The number of rotatable bonds is 7. The molecule has 2 heterocycles. The zero-order chi connectivity index (χ0) is 30.8. The minimum absolute atomic E-state index is 0.0107. The van der Waals surface area contributed by atoms with E-state index in [1.807, 2.05) is 0 Å². The maximum atomic E-state index is 13.5. The first-order valence-electron chi connectivity index (χ1n) is 13.1. The van der Waals surface area contributed by atoms with Crippen molar-refractivity contribution in [3.63, 3.8) is 0 Å². The Hall–Kier alpha value is -3.52. The van der Waals surface area contributed by atoms with E-state index in [0.717, 1.165) is 5.56 Å². The van der Waals surface area contributed by atoms with Crippen LogP contribution in [0.25, 0.3) is 0 Å². The molecule has 0 radical (unpaired) electrons. The lowest BCUT2D eigenvalue weighted by atomic mass is 9.99. The van der Waals surface area contributed by atoms with Crippen molar-refractivity contribution in [1.82, 2.24) is 20.0 Å². The van der Waals surface area contributed by atoms with Crippen LogP contribution < -0.4 is 11.1 Å². The molecule has 3 N–H and O–H groups in total. The second-order valence-electron chi connectivity index (χ2n) is 10.1. The number of nitrogens with two attached hydrogens (primary N) is 1. The number of halogens is 7. The molecule has 15 heteroatoms. The number of urea groups is 1. The van der Waals surface area contributed by atoms with Gasteiger partial charge >= 0.3 is 18.4 Å². The Balaban J connectivity index is 1.58. The molecule has 0 saturated carbocycles. The number of carbonyl (C=O) groups excluding carboxylic acids is 3. The van der Waals surface area contributed by atoms with Gasteiger partial charge in [0.2, 0.25) is 16.8 Å². The summed E-state index contributed by atoms with van der Waals surface area (Å²) in [6.07, 6.45) is -10.4. The normalized spacial score (nSPS) is 19.7. The van der Waals surface area contributed by atoms with Gasteiger partial charge < -0.3 is 25.8 Å². The zero-order valence-corrected chi connectivity index (χ0v) is 23.0. The summed E-state index contributed by atoms with van der Waals surface area (Å²) >= 11 is 5.11. The van der Waals surface area contributed by atoms with Gasteiger partial charge in [-0.1, -0.05) is 12.1 Å². The first kappa shape index (κ1) is 31.4. The third-order valence-electron chi connectivity index (χ3n) is 7.18. The fraction of sp³-hybridized carbons (Fsp3) is 0.444. The van der Waals surface area contributed by atoms with E-state index in [1.165, 1.54) is 14.7 Å². The van der Waals surface area contributed by atoms with Gasteiger partial charge in [0.25, 0.3) is 0 Å². The average Bonchev–Trinajstić information content (AvgIpc) is 2.92. The molecule has 2 aromatic rings. The Bertz CT molecular complexity index is 1290. The molecule has 0 bridgehead atoms. The number of alkyl halides is 6. The van der Waals surface area contributed by atoms with Gasteiger partial charge in [0.05, 0.1) is 17.7 Å². The zero-order valence-electron chi connectivity index (χ0n) is 22.2. The number of benzene rings is 2. The quantitative estimate of drug-likeness (QED) is 0.462. The van der Waals surface area contributed by atoms with Crippen molar-refractivity contribution in [2.24, 2.45) is 5.73 Å². The Labute approximate surface area is 242 Å². The van der Waals surface area contributed by atoms with Gasteiger partial charge in [0.15, 0.2) is 11.6 Å². The molecule has 0 spiro atoms. The van der Waals surface area contributed by atoms with Crippen LogP contribution in [0.1, 0.15) is 41.5 Å². The lowest BCUT2D eigenvalue weighted by molar-refractivity contribution is -0.288. The van der Waals surface area contributed by atoms with E-state index in [0.29, 0.717) is 23.6 Å². The maximum absolute atomic E-state index is 13.5. The highest BCUT2D eigenvalue weighted by Gasteiger charge is 2.48. The van der Waals surface area contributed by atoms with Crippen LogP contribution in [0.4, 0.5) is 31.1 Å². The van der Waals surface area contributed by atoms with Gasteiger partial charge in [-0.05, 0) is 48.7 Å². The van der Waals surface area contributed by atoms with Gasteiger partial charge in [-0.25, -0.2) is 4.79 Å². The summed E-state index contributed by atoms with van der Waals surface area (Å²) in [6.45, 7) is -0.299. The first-order valence-corrected chi connectivity index (χ1v) is 13.5. The van der Waals surface area contributed by atoms with E-state index in [1.54, 1.807) is 24.3 Å². The van der Waals surface area contributed by atoms with Crippen molar-refractivity contribution in [2.75, 3.05) is 19.6 Å². The molecule has 2 saturated heterocycles. The third kappa shape index (κ3) is 7.09. The van der Waals surface area contributed by atoms with Crippen molar-refractivity contribution in [2.45, 2.75) is 56.9 Å². The van der Waals surface area contributed by atoms with Gasteiger partial charge in [0, 0.05) is 38.2 Å². The van der Waals surface area contributed by atoms with Gasteiger partial charge in [-0.3, -0.25) is 9.59 Å². The van der Waals surface area contributed by atoms with Crippen molar-refractivity contribution < 1.29 is 52.3 Å². The molecule has 0 aromatic heterocycles. The van der Waals surface area contributed by atoms with Crippen LogP contribution >= 0.6 is 0 Å². The Morgan fingerprint density at radius 1 is 0.976 bits per heavy atom. The van der Waals surface area contributed by atoms with E-state index in [2.05, 4.69) is 5.32 Å². The highest BCUT2D eigenvalue weighted by molar-refractivity contribution is 5.91. The monoisotopic (exact) mass is 620 g/mol. The van der Waals surface area contributed by atoms with Crippen molar-refractivity contribution in [3.05, 3.63) is 69.7 Å². The van der Waals surface area contributed by atoms with Crippen LogP contribution in [-0.2, 0) is 35.0 Å². The molecule has 42 heavy (non-hydrogen) atoms. The van der Waals surface area contributed by atoms with Crippen LogP contribution in [0.5, 0.6) is 0 Å². The van der Waals surface area contributed by atoms with Crippen LogP contribution in [-0.4, -0.2) is 64.4 Å².